The average molecular weight is 378 g/mol. The van der Waals surface area contributed by atoms with Crippen LogP contribution in [0.4, 0.5) is 5.13 Å². The van der Waals surface area contributed by atoms with Crippen LogP contribution in [0.5, 0.6) is 5.75 Å². The summed E-state index contributed by atoms with van der Waals surface area (Å²) in [6.45, 7) is 4.00. The summed E-state index contributed by atoms with van der Waals surface area (Å²) in [5.74, 6) is 0.0492. The molecule has 0 bridgehead atoms. The largest absolute Gasteiger partial charge is 0.423 e. The van der Waals surface area contributed by atoms with Crippen molar-refractivity contribution in [2.45, 2.75) is 0 Å². The molecule has 7 heteroatoms. The number of carbonyl (C=O) groups is 1. The number of esters is 1. The highest BCUT2D eigenvalue weighted by atomic mass is 32.1. The first-order chi connectivity index (χ1) is 13.1. The molecular weight excluding hydrogens is 360 g/mol. The topological polar surface area (TPSA) is 69.5 Å². The highest BCUT2D eigenvalue weighted by Gasteiger charge is 2.18. The predicted molar refractivity (Wildman–Crippen MR) is 105 cm³/mol. The van der Waals surface area contributed by atoms with Gasteiger partial charge in [0.2, 0.25) is 0 Å². The molecule has 2 heterocycles. The quantitative estimate of drug-likeness (QED) is 0.515. The molecule has 0 spiro atoms. The fourth-order valence-electron chi connectivity index (χ4n) is 2.94. The normalized spacial score (nSPS) is 14.9. The minimum atomic E-state index is -0.442. The standard InChI is InChI=1S/C20H18N4O2S/c1-23-8-10-24(11-9-23)20-22-17-7-6-16(12-18(17)27-20)26-19(25)15-4-2-14(13-21)3-5-15/h2-7,12H,8-11H2,1H3. The Morgan fingerprint density at radius 3 is 2.59 bits per heavy atom. The molecule has 0 N–H and O–H groups in total. The molecule has 2 aromatic carbocycles. The number of hydrogen-bond donors (Lipinski definition) is 0. The lowest BCUT2D eigenvalue weighted by Crippen LogP contribution is -2.44. The Morgan fingerprint density at radius 2 is 1.89 bits per heavy atom. The fourth-order valence-corrected chi connectivity index (χ4v) is 3.98. The lowest BCUT2D eigenvalue weighted by atomic mass is 10.1. The van der Waals surface area contributed by atoms with Gasteiger partial charge in [-0.15, -0.1) is 0 Å². The Bertz CT molecular complexity index is 1010. The van der Waals surface area contributed by atoms with Crippen molar-refractivity contribution in [3.05, 3.63) is 53.6 Å². The zero-order chi connectivity index (χ0) is 18.8. The Morgan fingerprint density at radius 1 is 1.15 bits per heavy atom. The summed E-state index contributed by atoms with van der Waals surface area (Å²) in [6, 6.07) is 13.9. The van der Waals surface area contributed by atoms with E-state index in [0.717, 1.165) is 41.5 Å². The molecule has 0 unspecified atom stereocenters. The number of ether oxygens (including phenoxy) is 1. The van der Waals surface area contributed by atoms with Crippen LogP contribution in [0.3, 0.4) is 0 Å². The van der Waals surface area contributed by atoms with E-state index in [4.69, 9.17) is 15.0 Å². The van der Waals surface area contributed by atoms with Crippen molar-refractivity contribution in [3.63, 3.8) is 0 Å². The molecular formula is C20H18N4O2S. The Labute approximate surface area is 161 Å². The number of hydrogen-bond acceptors (Lipinski definition) is 7. The van der Waals surface area contributed by atoms with Crippen LogP contribution < -0.4 is 9.64 Å². The molecule has 1 fully saturated rings. The molecule has 1 aliphatic heterocycles. The van der Waals surface area contributed by atoms with Crippen molar-refractivity contribution in [1.29, 1.82) is 5.26 Å². The molecule has 0 atom stereocenters. The van der Waals surface area contributed by atoms with E-state index in [-0.39, 0.29) is 0 Å². The van der Waals surface area contributed by atoms with Crippen molar-refractivity contribution in [3.8, 4) is 11.8 Å². The number of thiazole rings is 1. The van der Waals surface area contributed by atoms with Gasteiger partial charge in [0, 0.05) is 32.2 Å². The van der Waals surface area contributed by atoms with Crippen LogP contribution in [0.1, 0.15) is 15.9 Å². The second-order valence-corrected chi connectivity index (χ2v) is 7.50. The third kappa shape index (κ3) is 3.77. The zero-order valence-corrected chi connectivity index (χ0v) is 15.7. The van der Waals surface area contributed by atoms with Gasteiger partial charge in [-0.25, -0.2) is 9.78 Å². The molecule has 0 amide bonds. The van der Waals surface area contributed by atoms with Crippen LogP contribution in [-0.4, -0.2) is 49.1 Å². The third-order valence-electron chi connectivity index (χ3n) is 4.58. The second kappa shape index (κ2) is 7.35. The summed E-state index contributed by atoms with van der Waals surface area (Å²) in [5.41, 5.74) is 1.83. The van der Waals surface area contributed by atoms with Crippen LogP contribution in [0.2, 0.25) is 0 Å². The molecule has 0 radical (unpaired) electrons. The molecule has 0 saturated carbocycles. The molecule has 27 heavy (non-hydrogen) atoms. The highest BCUT2D eigenvalue weighted by Crippen LogP contribution is 2.32. The molecule has 0 aliphatic carbocycles. The molecule has 1 aromatic heterocycles. The minimum Gasteiger partial charge on any atom is -0.423 e. The van der Waals surface area contributed by atoms with Crippen LogP contribution in [0, 0.1) is 11.3 Å². The van der Waals surface area contributed by atoms with Gasteiger partial charge in [0.25, 0.3) is 0 Å². The second-order valence-electron chi connectivity index (χ2n) is 6.49. The van der Waals surface area contributed by atoms with E-state index in [1.54, 1.807) is 41.7 Å². The number of rotatable bonds is 3. The summed E-state index contributed by atoms with van der Waals surface area (Å²) in [5, 5.41) is 9.84. The maximum Gasteiger partial charge on any atom is 0.343 e. The first kappa shape index (κ1) is 17.5. The lowest BCUT2D eigenvalue weighted by Gasteiger charge is -2.31. The Balaban J connectivity index is 1.51. The van der Waals surface area contributed by atoms with E-state index in [9.17, 15) is 4.79 Å². The van der Waals surface area contributed by atoms with E-state index < -0.39 is 5.97 Å². The number of likely N-dealkylation sites (N-methyl/N-ethyl adjacent to an activating group) is 1. The van der Waals surface area contributed by atoms with Crippen molar-refractivity contribution in [2.24, 2.45) is 0 Å². The molecule has 4 rings (SSSR count). The number of nitrogens with zero attached hydrogens (tertiary/aromatic N) is 4. The van der Waals surface area contributed by atoms with Crippen LogP contribution in [-0.2, 0) is 0 Å². The van der Waals surface area contributed by atoms with Crippen LogP contribution >= 0.6 is 11.3 Å². The van der Waals surface area contributed by atoms with Gasteiger partial charge in [-0.05, 0) is 43.4 Å². The van der Waals surface area contributed by atoms with Gasteiger partial charge in [0.1, 0.15) is 5.75 Å². The Kier molecular flexibility index (Phi) is 4.75. The summed E-state index contributed by atoms with van der Waals surface area (Å²) in [7, 11) is 2.13. The van der Waals surface area contributed by atoms with Gasteiger partial charge in [-0.1, -0.05) is 11.3 Å². The van der Waals surface area contributed by atoms with E-state index in [0.29, 0.717) is 16.9 Å². The molecule has 6 nitrogen and oxygen atoms in total. The molecule has 136 valence electrons. The fraction of sp³-hybridized carbons (Fsp3) is 0.250. The molecule has 3 aromatic rings. The summed E-state index contributed by atoms with van der Waals surface area (Å²) in [4.78, 5) is 21.6. The van der Waals surface area contributed by atoms with Gasteiger partial charge in [0.05, 0.1) is 27.4 Å². The summed E-state index contributed by atoms with van der Waals surface area (Å²) >= 11 is 1.62. The Hall–Kier alpha value is -2.95. The van der Waals surface area contributed by atoms with E-state index in [1.165, 1.54) is 0 Å². The van der Waals surface area contributed by atoms with Crippen LogP contribution in [0.25, 0.3) is 10.2 Å². The number of carbonyl (C=O) groups excluding carboxylic acids is 1. The zero-order valence-electron chi connectivity index (χ0n) is 14.9. The molecule has 1 saturated heterocycles. The van der Waals surface area contributed by atoms with Crippen LogP contribution in [0.15, 0.2) is 42.5 Å². The van der Waals surface area contributed by atoms with Crippen molar-refractivity contribution in [2.75, 3.05) is 38.1 Å². The van der Waals surface area contributed by atoms with E-state index >= 15 is 0 Å². The minimum absolute atomic E-state index is 0.413. The number of piperazine rings is 1. The van der Waals surface area contributed by atoms with E-state index in [1.807, 2.05) is 18.2 Å². The van der Waals surface area contributed by atoms with Gasteiger partial charge in [0.15, 0.2) is 5.13 Å². The summed E-state index contributed by atoms with van der Waals surface area (Å²) < 4.78 is 6.48. The number of anilines is 1. The maximum absolute atomic E-state index is 12.3. The van der Waals surface area contributed by atoms with Crippen molar-refractivity contribution < 1.29 is 9.53 Å². The lowest BCUT2D eigenvalue weighted by molar-refractivity contribution is 0.0735. The van der Waals surface area contributed by atoms with E-state index in [2.05, 4.69) is 16.8 Å². The smallest absolute Gasteiger partial charge is 0.343 e. The van der Waals surface area contributed by atoms with Gasteiger partial charge in [-0.3, -0.25) is 0 Å². The third-order valence-corrected chi connectivity index (χ3v) is 5.66. The first-order valence-corrected chi connectivity index (χ1v) is 9.50. The maximum atomic E-state index is 12.3. The number of fused-ring (bicyclic) bond motifs is 1. The number of nitriles is 1. The predicted octanol–water partition coefficient (Wildman–Crippen LogP) is 3.14. The monoisotopic (exact) mass is 378 g/mol. The van der Waals surface area contributed by atoms with Gasteiger partial charge < -0.3 is 14.5 Å². The van der Waals surface area contributed by atoms with Crippen molar-refractivity contribution in [1.82, 2.24) is 9.88 Å². The first-order valence-electron chi connectivity index (χ1n) is 8.69. The summed E-state index contributed by atoms with van der Waals surface area (Å²) in [6.07, 6.45) is 0. The number of benzene rings is 2. The number of aromatic nitrogens is 1. The van der Waals surface area contributed by atoms with Gasteiger partial charge in [-0.2, -0.15) is 5.26 Å². The SMILES string of the molecule is CN1CCN(c2nc3ccc(OC(=O)c4ccc(C#N)cc4)cc3s2)CC1. The average Bonchev–Trinajstić information content (AvgIpc) is 3.12. The van der Waals surface area contributed by atoms with Gasteiger partial charge >= 0.3 is 5.97 Å². The molecule has 1 aliphatic rings. The van der Waals surface area contributed by atoms with Crippen molar-refractivity contribution >= 4 is 32.7 Å². The highest BCUT2D eigenvalue weighted by molar-refractivity contribution is 7.22.